The third kappa shape index (κ3) is 2.88. The van der Waals surface area contributed by atoms with Crippen LogP contribution in [-0.2, 0) is 4.74 Å². The highest BCUT2D eigenvalue weighted by Gasteiger charge is 1.79. The molecule has 1 nitrogen and oxygen atoms in total. The van der Waals surface area contributed by atoms with Gasteiger partial charge < -0.3 is 4.74 Å². The van der Waals surface area contributed by atoms with Crippen molar-refractivity contribution in [1.29, 1.82) is 0 Å². The van der Waals surface area contributed by atoms with Crippen molar-refractivity contribution in [3.05, 3.63) is 42.0 Å². The SMILES string of the molecule is COCC=Cc1cc#ccc1. The monoisotopic (exact) mass is 146 g/mol. The average Bonchev–Trinajstić information content (AvgIpc) is 2.07. The van der Waals surface area contributed by atoms with E-state index in [0.29, 0.717) is 6.61 Å². The van der Waals surface area contributed by atoms with Gasteiger partial charge in [0, 0.05) is 7.11 Å². The molecule has 1 aromatic rings. The van der Waals surface area contributed by atoms with Crippen molar-refractivity contribution in [2.75, 3.05) is 13.7 Å². The second-order valence-electron chi connectivity index (χ2n) is 2.12. The maximum Gasteiger partial charge on any atom is 0.0646 e. The van der Waals surface area contributed by atoms with E-state index < -0.39 is 0 Å². The van der Waals surface area contributed by atoms with Gasteiger partial charge in [0.05, 0.1) is 6.61 Å². The highest BCUT2D eigenvalue weighted by atomic mass is 16.5. The van der Waals surface area contributed by atoms with Crippen LogP contribution in [0.1, 0.15) is 5.56 Å². The fourth-order valence-electron chi connectivity index (χ4n) is 0.743. The molecule has 0 aliphatic rings. The number of methoxy groups -OCH3 is 1. The summed E-state index contributed by atoms with van der Waals surface area (Å²) < 4.78 is 4.86. The van der Waals surface area contributed by atoms with E-state index in [9.17, 15) is 0 Å². The van der Waals surface area contributed by atoms with Gasteiger partial charge in [-0.1, -0.05) is 24.3 Å². The lowest BCUT2D eigenvalue weighted by Gasteiger charge is -1.88. The van der Waals surface area contributed by atoms with Crippen molar-refractivity contribution in [2.45, 2.75) is 0 Å². The lowest BCUT2D eigenvalue weighted by molar-refractivity contribution is 0.234. The van der Waals surface area contributed by atoms with Crippen molar-refractivity contribution in [3.63, 3.8) is 0 Å². The van der Waals surface area contributed by atoms with Crippen molar-refractivity contribution < 1.29 is 4.74 Å². The summed E-state index contributed by atoms with van der Waals surface area (Å²) >= 11 is 0. The molecule has 0 unspecified atom stereocenters. The second kappa shape index (κ2) is 4.54. The zero-order valence-electron chi connectivity index (χ0n) is 6.50. The van der Waals surface area contributed by atoms with Gasteiger partial charge in [0.25, 0.3) is 0 Å². The minimum atomic E-state index is 0.651. The molecule has 1 rings (SSSR count). The van der Waals surface area contributed by atoms with Gasteiger partial charge in [-0.15, -0.1) is 0 Å². The lowest BCUT2D eigenvalue weighted by atomic mass is 10.2. The predicted molar refractivity (Wildman–Crippen MR) is 45.0 cm³/mol. The van der Waals surface area contributed by atoms with E-state index in [-0.39, 0.29) is 0 Å². The minimum absolute atomic E-state index is 0.651. The van der Waals surface area contributed by atoms with Crippen LogP contribution in [0.3, 0.4) is 0 Å². The van der Waals surface area contributed by atoms with Crippen molar-refractivity contribution in [1.82, 2.24) is 0 Å². The molecule has 1 aromatic carbocycles. The van der Waals surface area contributed by atoms with Gasteiger partial charge in [-0.05, 0) is 23.8 Å². The molecular weight excluding hydrogens is 136 g/mol. The average molecular weight is 146 g/mol. The van der Waals surface area contributed by atoms with E-state index >= 15 is 0 Å². The summed E-state index contributed by atoms with van der Waals surface area (Å²) in [6.07, 6.45) is 3.96. The zero-order chi connectivity index (χ0) is 7.94. The molecule has 0 fully saturated rings. The van der Waals surface area contributed by atoms with Gasteiger partial charge in [-0.3, -0.25) is 0 Å². The summed E-state index contributed by atoms with van der Waals surface area (Å²) in [4.78, 5) is 0. The van der Waals surface area contributed by atoms with Crippen molar-refractivity contribution >= 4 is 6.08 Å². The Balaban J connectivity index is 2.50. The first-order valence-corrected chi connectivity index (χ1v) is 3.47. The quantitative estimate of drug-likeness (QED) is 0.633. The van der Waals surface area contributed by atoms with Crippen LogP contribution in [0.15, 0.2) is 24.3 Å². The van der Waals surface area contributed by atoms with Crippen LogP contribution in [0.5, 0.6) is 0 Å². The van der Waals surface area contributed by atoms with Crippen LogP contribution in [0.4, 0.5) is 0 Å². The number of rotatable bonds is 3. The maximum absolute atomic E-state index is 4.86. The molecule has 0 spiro atoms. The molecule has 0 amide bonds. The molecule has 0 heterocycles. The Kier molecular flexibility index (Phi) is 3.24. The Hall–Kier alpha value is -1.26. The topological polar surface area (TPSA) is 9.23 Å². The van der Waals surface area contributed by atoms with Crippen molar-refractivity contribution in [3.8, 4) is 0 Å². The Bertz CT molecular complexity index is 214. The molecule has 56 valence electrons. The molecule has 11 heavy (non-hydrogen) atoms. The fraction of sp³-hybridized carbons (Fsp3) is 0.200. The van der Waals surface area contributed by atoms with Gasteiger partial charge in [-0.25, -0.2) is 0 Å². The van der Waals surface area contributed by atoms with Crippen LogP contribution < -0.4 is 0 Å². The van der Waals surface area contributed by atoms with Crippen molar-refractivity contribution in [2.24, 2.45) is 0 Å². The highest BCUT2D eigenvalue weighted by Crippen LogP contribution is 1.97. The van der Waals surface area contributed by atoms with Gasteiger partial charge in [0.15, 0.2) is 0 Å². The first-order chi connectivity index (χ1) is 5.43. The molecule has 0 bridgehead atoms. The van der Waals surface area contributed by atoms with E-state index in [1.165, 1.54) is 0 Å². The zero-order valence-corrected chi connectivity index (χ0v) is 6.50. The number of hydrogen-bond acceptors (Lipinski definition) is 1. The normalized spacial score (nSPS) is 9.91. The molecule has 0 atom stereocenters. The van der Waals surface area contributed by atoms with E-state index in [1.54, 1.807) is 7.11 Å². The molecule has 0 aromatic heterocycles. The van der Waals surface area contributed by atoms with E-state index in [4.69, 9.17) is 4.74 Å². The number of ether oxygens (including phenoxy) is 1. The maximum atomic E-state index is 4.86. The third-order valence-electron chi connectivity index (χ3n) is 1.25. The summed E-state index contributed by atoms with van der Waals surface area (Å²) in [6.45, 7) is 0.651. The van der Waals surface area contributed by atoms with E-state index in [0.717, 1.165) is 5.56 Å². The van der Waals surface area contributed by atoms with E-state index in [1.807, 2.05) is 30.4 Å². The Morgan fingerprint density at radius 1 is 1.55 bits per heavy atom. The van der Waals surface area contributed by atoms with Gasteiger partial charge >= 0.3 is 0 Å². The van der Waals surface area contributed by atoms with Crippen LogP contribution in [0.25, 0.3) is 6.08 Å². The largest absolute Gasteiger partial charge is 0.381 e. The molecule has 0 N–H and O–H groups in total. The summed E-state index contributed by atoms with van der Waals surface area (Å²) in [6, 6.07) is 11.4. The highest BCUT2D eigenvalue weighted by molar-refractivity contribution is 5.47. The summed E-state index contributed by atoms with van der Waals surface area (Å²) in [5.74, 6) is 0. The number of hydrogen-bond donors (Lipinski definition) is 0. The first kappa shape index (κ1) is 7.84. The van der Waals surface area contributed by atoms with Crippen LogP contribution in [0, 0.1) is 12.1 Å². The van der Waals surface area contributed by atoms with Gasteiger partial charge in [0.2, 0.25) is 0 Å². The summed E-state index contributed by atoms with van der Waals surface area (Å²) in [5, 5.41) is 0. The van der Waals surface area contributed by atoms with Crippen LogP contribution in [0.2, 0.25) is 0 Å². The van der Waals surface area contributed by atoms with Gasteiger partial charge in [0.1, 0.15) is 0 Å². The first-order valence-electron chi connectivity index (χ1n) is 3.47. The molecule has 0 saturated heterocycles. The Morgan fingerprint density at radius 3 is 3.09 bits per heavy atom. The molecule has 0 saturated carbocycles. The summed E-state index contributed by atoms with van der Waals surface area (Å²) in [5.41, 5.74) is 1.13. The second-order valence-corrected chi connectivity index (χ2v) is 2.12. The molecule has 0 aliphatic heterocycles. The van der Waals surface area contributed by atoms with Crippen LogP contribution in [-0.4, -0.2) is 13.7 Å². The Morgan fingerprint density at radius 2 is 2.45 bits per heavy atom. The predicted octanol–water partition coefficient (Wildman–Crippen LogP) is 1.95. The molecule has 1 heteroatoms. The van der Waals surface area contributed by atoms with Crippen LogP contribution >= 0.6 is 0 Å². The molecule has 0 aliphatic carbocycles. The fourth-order valence-corrected chi connectivity index (χ4v) is 0.743. The van der Waals surface area contributed by atoms with E-state index in [2.05, 4.69) is 12.1 Å². The third-order valence-corrected chi connectivity index (χ3v) is 1.25. The smallest absolute Gasteiger partial charge is 0.0646 e. The minimum Gasteiger partial charge on any atom is -0.381 e. The molecular formula is C10H10O. The Labute approximate surface area is 67.3 Å². The summed E-state index contributed by atoms with van der Waals surface area (Å²) in [7, 11) is 1.68. The van der Waals surface area contributed by atoms with Gasteiger partial charge in [-0.2, -0.15) is 0 Å². The lowest BCUT2D eigenvalue weighted by Crippen LogP contribution is -1.79. The molecule has 0 radical (unpaired) electrons. The standard InChI is InChI=1S/C10H10O/c1-11-9-5-8-10-6-3-2-4-7-10/h3,5-8H,9H2,1H3.